The molecular formula is C15H23NO4S. The Labute approximate surface area is 126 Å². The zero-order valence-electron chi connectivity index (χ0n) is 12.9. The zero-order valence-corrected chi connectivity index (χ0v) is 13.8. The van der Waals surface area contributed by atoms with Gasteiger partial charge in [-0.3, -0.25) is 0 Å². The maximum atomic E-state index is 12.4. The standard InChI is InChI=1S/C15H23NO4S/c1-5-12(6-2)9-16-21(19,20)14-8-13(15(17)18)10(3)7-11(14)4/h7-8,12,16H,5-6,9H2,1-4H3,(H,17,18). The van der Waals surface area contributed by atoms with Gasteiger partial charge in [0, 0.05) is 6.54 Å². The number of hydrogen-bond donors (Lipinski definition) is 2. The SMILES string of the molecule is CCC(CC)CNS(=O)(=O)c1cc(C(=O)O)c(C)cc1C. The van der Waals surface area contributed by atoms with Gasteiger partial charge in [-0.1, -0.05) is 32.8 Å². The van der Waals surface area contributed by atoms with Crippen molar-refractivity contribution in [3.8, 4) is 0 Å². The molecule has 0 unspecified atom stereocenters. The molecule has 2 N–H and O–H groups in total. The molecule has 0 aliphatic rings. The Balaban J connectivity index is 3.13. The van der Waals surface area contributed by atoms with E-state index >= 15 is 0 Å². The molecule has 0 aliphatic carbocycles. The third-order valence-corrected chi connectivity index (χ3v) is 5.32. The highest BCUT2D eigenvalue weighted by Gasteiger charge is 2.21. The third-order valence-electron chi connectivity index (χ3n) is 3.76. The fraction of sp³-hybridized carbons (Fsp3) is 0.533. The minimum absolute atomic E-state index is 0.0171. The molecular weight excluding hydrogens is 290 g/mol. The molecule has 118 valence electrons. The monoisotopic (exact) mass is 313 g/mol. The lowest BCUT2D eigenvalue weighted by atomic mass is 10.0. The van der Waals surface area contributed by atoms with Gasteiger partial charge in [0.1, 0.15) is 0 Å². The largest absolute Gasteiger partial charge is 0.478 e. The molecule has 0 atom stereocenters. The average Bonchev–Trinajstić information content (AvgIpc) is 2.38. The van der Waals surface area contributed by atoms with E-state index in [2.05, 4.69) is 4.72 Å². The second-order valence-electron chi connectivity index (χ2n) is 5.27. The second kappa shape index (κ2) is 7.04. The molecule has 21 heavy (non-hydrogen) atoms. The van der Waals surface area contributed by atoms with Crippen LogP contribution in [0, 0.1) is 19.8 Å². The van der Waals surface area contributed by atoms with E-state index in [1.165, 1.54) is 6.07 Å². The first-order chi connectivity index (χ1) is 9.72. The molecule has 0 fully saturated rings. The first-order valence-corrected chi connectivity index (χ1v) is 8.55. The number of benzene rings is 1. The van der Waals surface area contributed by atoms with E-state index in [4.69, 9.17) is 5.11 Å². The number of hydrogen-bond acceptors (Lipinski definition) is 3. The highest BCUT2D eigenvalue weighted by atomic mass is 32.2. The van der Waals surface area contributed by atoms with E-state index < -0.39 is 16.0 Å². The Morgan fingerprint density at radius 2 is 1.76 bits per heavy atom. The molecule has 6 heteroatoms. The molecule has 0 amide bonds. The smallest absolute Gasteiger partial charge is 0.335 e. The molecule has 5 nitrogen and oxygen atoms in total. The van der Waals surface area contributed by atoms with Gasteiger partial charge in [-0.15, -0.1) is 0 Å². The lowest BCUT2D eigenvalue weighted by molar-refractivity contribution is 0.0696. The first-order valence-electron chi connectivity index (χ1n) is 7.07. The fourth-order valence-corrected chi connectivity index (χ4v) is 3.60. The maximum absolute atomic E-state index is 12.4. The molecule has 0 radical (unpaired) electrons. The summed E-state index contributed by atoms with van der Waals surface area (Å²) in [5.41, 5.74) is 1.12. The Bertz CT molecular complexity index is 619. The molecule has 0 aromatic heterocycles. The van der Waals surface area contributed by atoms with Crippen molar-refractivity contribution in [3.05, 3.63) is 28.8 Å². The summed E-state index contributed by atoms with van der Waals surface area (Å²) in [4.78, 5) is 11.2. The molecule has 0 saturated carbocycles. The van der Waals surface area contributed by atoms with Crippen LogP contribution in [0.4, 0.5) is 0 Å². The Hall–Kier alpha value is -1.40. The molecule has 1 aromatic carbocycles. The van der Waals surface area contributed by atoms with Crippen molar-refractivity contribution in [2.24, 2.45) is 5.92 Å². The Kier molecular flexibility index (Phi) is 5.92. The predicted octanol–water partition coefficient (Wildman–Crippen LogP) is 2.72. The minimum Gasteiger partial charge on any atom is -0.478 e. The number of aromatic carboxylic acids is 1. The second-order valence-corrected chi connectivity index (χ2v) is 7.01. The normalized spacial score (nSPS) is 11.9. The summed E-state index contributed by atoms with van der Waals surface area (Å²) in [6.07, 6.45) is 1.79. The van der Waals surface area contributed by atoms with E-state index in [-0.39, 0.29) is 16.4 Å². The first kappa shape index (κ1) is 17.7. The van der Waals surface area contributed by atoms with Crippen LogP contribution in [-0.4, -0.2) is 26.0 Å². The summed E-state index contributed by atoms with van der Waals surface area (Å²) in [6.45, 7) is 7.73. The average molecular weight is 313 g/mol. The van der Waals surface area contributed by atoms with Crippen LogP contribution in [0.15, 0.2) is 17.0 Å². The molecule has 0 saturated heterocycles. The fourth-order valence-electron chi connectivity index (χ4n) is 2.23. The topological polar surface area (TPSA) is 83.5 Å². The van der Waals surface area contributed by atoms with E-state index in [1.54, 1.807) is 19.9 Å². The lowest BCUT2D eigenvalue weighted by Crippen LogP contribution is -2.29. The third kappa shape index (κ3) is 4.28. The number of carbonyl (C=O) groups is 1. The van der Waals surface area contributed by atoms with Gasteiger partial charge in [-0.2, -0.15) is 0 Å². The van der Waals surface area contributed by atoms with Crippen molar-refractivity contribution >= 4 is 16.0 Å². The van der Waals surface area contributed by atoms with Gasteiger partial charge in [0.05, 0.1) is 10.5 Å². The molecule has 0 heterocycles. The summed E-state index contributed by atoms with van der Waals surface area (Å²) < 4.78 is 27.3. The summed E-state index contributed by atoms with van der Waals surface area (Å²) in [6, 6.07) is 2.83. The van der Waals surface area contributed by atoms with Gasteiger partial charge in [-0.25, -0.2) is 17.9 Å². The summed E-state index contributed by atoms with van der Waals surface area (Å²) in [5, 5.41) is 9.13. The van der Waals surface area contributed by atoms with Crippen molar-refractivity contribution in [2.45, 2.75) is 45.4 Å². The van der Waals surface area contributed by atoms with Crippen LogP contribution in [0.5, 0.6) is 0 Å². The van der Waals surface area contributed by atoms with Crippen LogP contribution in [0.25, 0.3) is 0 Å². The molecule has 0 spiro atoms. The van der Waals surface area contributed by atoms with Crippen molar-refractivity contribution < 1.29 is 18.3 Å². The number of rotatable bonds is 7. The van der Waals surface area contributed by atoms with Crippen LogP contribution in [-0.2, 0) is 10.0 Å². The highest BCUT2D eigenvalue weighted by Crippen LogP contribution is 2.21. The number of nitrogens with one attached hydrogen (secondary N) is 1. The number of aryl methyl sites for hydroxylation is 2. The van der Waals surface area contributed by atoms with E-state index in [1.807, 2.05) is 13.8 Å². The van der Waals surface area contributed by atoms with Crippen LogP contribution in [0.2, 0.25) is 0 Å². The van der Waals surface area contributed by atoms with Gasteiger partial charge in [0.25, 0.3) is 0 Å². The van der Waals surface area contributed by atoms with Crippen LogP contribution >= 0.6 is 0 Å². The maximum Gasteiger partial charge on any atom is 0.335 e. The zero-order chi connectivity index (χ0) is 16.2. The summed E-state index contributed by atoms with van der Waals surface area (Å²) in [5.74, 6) is -0.839. The summed E-state index contributed by atoms with van der Waals surface area (Å²) >= 11 is 0. The molecule has 1 aromatic rings. The summed E-state index contributed by atoms with van der Waals surface area (Å²) in [7, 11) is -3.69. The number of carboxylic acid groups (broad SMARTS) is 1. The van der Waals surface area contributed by atoms with Gasteiger partial charge >= 0.3 is 5.97 Å². The van der Waals surface area contributed by atoms with E-state index in [9.17, 15) is 13.2 Å². The number of sulfonamides is 1. The van der Waals surface area contributed by atoms with E-state index in [0.717, 1.165) is 12.8 Å². The van der Waals surface area contributed by atoms with Crippen LogP contribution in [0.1, 0.15) is 48.2 Å². The van der Waals surface area contributed by atoms with Crippen molar-refractivity contribution in [1.82, 2.24) is 4.72 Å². The number of carboxylic acids is 1. The van der Waals surface area contributed by atoms with Crippen LogP contribution in [0.3, 0.4) is 0 Å². The van der Waals surface area contributed by atoms with E-state index in [0.29, 0.717) is 17.7 Å². The van der Waals surface area contributed by atoms with Crippen molar-refractivity contribution in [1.29, 1.82) is 0 Å². The van der Waals surface area contributed by atoms with Gasteiger partial charge in [-0.05, 0) is 37.0 Å². The Morgan fingerprint density at radius 3 is 2.24 bits per heavy atom. The molecule has 1 rings (SSSR count). The van der Waals surface area contributed by atoms with Gasteiger partial charge in [0.2, 0.25) is 10.0 Å². The van der Waals surface area contributed by atoms with Gasteiger partial charge in [0.15, 0.2) is 0 Å². The lowest BCUT2D eigenvalue weighted by Gasteiger charge is -2.15. The van der Waals surface area contributed by atoms with Crippen molar-refractivity contribution in [3.63, 3.8) is 0 Å². The molecule has 0 bridgehead atoms. The minimum atomic E-state index is -3.69. The Morgan fingerprint density at radius 1 is 1.19 bits per heavy atom. The van der Waals surface area contributed by atoms with Crippen LogP contribution < -0.4 is 4.72 Å². The quantitative estimate of drug-likeness (QED) is 0.810. The predicted molar refractivity (Wildman–Crippen MR) is 82.1 cm³/mol. The molecule has 0 aliphatic heterocycles. The highest BCUT2D eigenvalue weighted by molar-refractivity contribution is 7.89. The van der Waals surface area contributed by atoms with Gasteiger partial charge < -0.3 is 5.11 Å². The van der Waals surface area contributed by atoms with Crippen molar-refractivity contribution in [2.75, 3.05) is 6.54 Å².